The minimum Gasteiger partial charge on any atom is -0.324 e. The molecule has 2 N–H and O–H groups in total. The SMILES string of the molecule is NC(Cc1c(Cl)cccc1Cl)c1cc(Cl)cc(Br)c1. The summed E-state index contributed by atoms with van der Waals surface area (Å²) in [6, 6.07) is 10.8. The zero-order valence-electron chi connectivity index (χ0n) is 9.84. The maximum Gasteiger partial charge on any atom is 0.0453 e. The molecule has 0 saturated heterocycles. The maximum atomic E-state index is 6.21. The maximum absolute atomic E-state index is 6.21. The van der Waals surface area contributed by atoms with Crippen LogP contribution in [0.3, 0.4) is 0 Å². The summed E-state index contributed by atoms with van der Waals surface area (Å²) in [6.45, 7) is 0. The fraction of sp³-hybridized carbons (Fsp3) is 0.143. The molecule has 0 aliphatic rings. The molecule has 0 amide bonds. The first kappa shape index (κ1) is 15.1. The number of nitrogens with two attached hydrogens (primary N) is 1. The molecule has 2 rings (SSSR count). The van der Waals surface area contributed by atoms with Crippen molar-refractivity contribution >= 4 is 50.7 Å². The van der Waals surface area contributed by atoms with Crippen LogP contribution in [0.4, 0.5) is 0 Å². The van der Waals surface area contributed by atoms with Crippen molar-refractivity contribution in [1.82, 2.24) is 0 Å². The third kappa shape index (κ3) is 3.87. The lowest BCUT2D eigenvalue weighted by atomic mass is 9.99. The largest absolute Gasteiger partial charge is 0.324 e. The average Bonchev–Trinajstić information content (AvgIpc) is 2.32. The van der Waals surface area contributed by atoms with E-state index in [2.05, 4.69) is 15.9 Å². The van der Waals surface area contributed by atoms with Gasteiger partial charge in [-0.2, -0.15) is 0 Å². The van der Waals surface area contributed by atoms with Crippen molar-refractivity contribution in [2.24, 2.45) is 5.73 Å². The summed E-state index contributed by atoms with van der Waals surface area (Å²) in [6.07, 6.45) is 0.561. The Balaban J connectivity index is 2.28. The topological polar surface area (TPSA) is 26.0 Å². The van der Waals surface area contributed by atoms with Crippen LogP contribution in [0.5, 0.6) is 0 Å². The van der Waals surface area contributed by atoms with E-state index < -0.39 is 0 Å². The zero-order chi connectivity index (χ0) is 14.0. The highest BCUT2D eigenvalue weighted by Gasteiger charge is 2.13. The van der Waals surface area contributed by atoms with Gasteiger partial charge in [-0.3, -0.25) is 0 Å². The first-order chi connectivity index (χ1) is 8.97. The van der Waals surface area contributed by atoms with Crippen molar-refractivity contribution in [2.75, 3.05) is 0 Å². The van der Waals surface area contributed by atoms with Gasteiger partial charge in [-0.1, -0.05) is 56.8 Å². The molecule has 2 aromatic rings. The highest BCUT2D eigenvalue weighted by Crippen LogP contribution is 2.30. The van der Waals surface area contributed by atoms with Crippen LogP contribution >= 0.6 is 50.7 Å². The van der Waals surface area contributed by atoms with E-state index in [0.29, 0.717) is 21.5 Å². The molecule has 0 bridgehead atoms. The summed E-state index contributed by atoms with van der Waals surface area (Å²) in [4.78, 5) is 0. The van der Waals surface area contributed by atoms with Gasteiger partial charge in [-0.25, -0.2) is 0 Å². The monoisotopic (exact) mass is 377 g/mol. The molecule has 0 radical (unpaired) electrons. The molecule has 2 aromatic carbocycles. The van der Waals surface area contributed by atoms with E-state index in [1.54, 1.807) is 0 Å². The highest BCUT2D eigenvalue weighted by atomic mass is 79.9. The summed E-state index contributed by atoms with van der Waals surface area (Å²) in [7, 11) is 0. The van der Waals surface area contributed by atoms with E-state index in [1.165, 1.54) is 0 Å². The van der Waals surface area contributed by atoms with E-state index in [4.69, 9.17) is 40.5 Å². The van der Waals surface area contributed by atoms with Gasteiger partial charge in [0.05, 0.1) is 0 Å². The molecule has 100 valence electrons. The molecule has 19 heavy (non-hydrogen) atoms. The van der Waals surface area contributed by atoms with Crippen LogP contribution in [0, 0.1) is 0 Å². The normalized spacial score (nSPS) is 12.5. The zero-order valence-corrected chi connectivity index (χ0v) is 13.7. The Morgan fingerprint density at radius 3 is 2.26 bits per heavy atom. The van der Waals surface area contributed by atoms with Gasteiger partial charge in [-0.15, -0.1) is 0 Å². The second-order valence-electron chi connectivity index (χ2n) is 4.21. The van der Waals surface area contributed by atoms with Crippen molar-refractivity contribution in [3.8, 4) is 0 Å². The lowest BCUT2D eigenvalue weighted by molar-refractivity contribution is 0.722. The summed E-state index contributed by atoms with van der Waals surface area (Å²) in [5.41, 5.74) is 8.00. The fourth-order valence-electron chi connectivity index (χ4n) is 1.85. The number of hydrogen-bond acceptors (Lipinski definition) is 1. The Hall–Kier alpha value is -0.250. The Bertz CT molecular complexity index is 561. The van der Waals surface area contributed by atoms with E-state index in [0.717, 1.165) is 15.6 Å². The van der Waals surface area contributed by atoms with Gasteiger partial charge in [0, 0.05) is 25.6 Å². The molecule has 5 heteroatoms. The molecule has 0 spiro atoms. The van der Waals surface area contributed by atoms with Crippen LogP contribution in [-0.4, -0.2) is 0 Å². The van der Waals surface area contributed by atoms with Crippen LogP contribution < -0.4 is 5.73 Å². The van der Waals surface area contributed by atoms with E-state index >= 15 is 0 Å². The second kappa shape index (κ2) is 6.47. The molecule has 0 aliphatic carbocycles. The average molecular weight is 380 g/mol. The lowest BCUT2D eigenvalue weighted by Crippen LogP contribution is -2.14. The summed E-state index contributed by atoms with van der Waals surface area (Å²) in [5, 5.41) is 1.90. The van der Waals surface area contributed by atoms with Crippen molar-refractivity contribution in [2.45, 2.75) is 12.5 Å². The molecule has 0 heterocycles. The van der Waals surface area contributed by atoms with Crippen molar-refractivity contribution < 1.29 is 0 Å². The second-order valence-corrected chi connectivity index (χ2v) is 6.38. The van der Waals surface area contributed by atoms with Gasteiger partial charge < -0.3 is 5.73 Å². The lowest BCUT2D eigenvalue weighted by Gasteiger charge is -2.15. The Morgan fingerprint density at radius 1 is 1.05 bits per heavy atom. The molecule has 1 nitrogen and oxygen atoms in total. The summed E-state index contributed by atoms with van der Waals surface area (Å²) >= 11 is 21.7. The van der Waals surface area contributed by atoms with E-state index in [-0.39, 0.29) is 6.04 Å². The van der Waals surface area contributed by atoms with Gasteiger partial charge in [0.2, 0.25) is 0 Å². The summed E-state index contributed by atoms with van der Waals surface area (Å²) < 4.78 is 0.899. The molecule has 1 unspecified atom stereocenters. The minimum atomic E-state index is -0.215. The Kier molecular flexibility index (Phi) is 5.15. The number of halogens is 4. The highest BCUT2D eigenvalue weighted by molar-refractivity contribution is 9.10. The van der Waals surface area contributed by atoms with Gasteiger partial charge >= 0.3 is 0 Å². The van der Waals surface area contributed by atoms with Gasteiger partial charge in [0.25, 0.3) is 0 Å². The number of hydrogen-bond donors (Lipinski definition) is 1. The smallest absolute Gasteiger partial charge is 0.0453 e. The standard InChI is InChI=1S/C14H11BrCl3N/c15-9-4-8(5-10(16)6-9)14(19)7-11-12(17)2-1-3-13(11)18/h1-6,14H,7,19H2. The molecule has 1 atom stereocenters. The van der Waals surface area contributed by atoms with Crippen molar-refractivity contribution in [3.63, 3.8) is 0 Å². The van der Waals surface area contributed by atoms with Crippen molar-refractivity contribution in [3.05, 3.63) is 67.1 Å². The first-order valence-electron chi connectivity index (χ1n) is 5.62. The molecule has 0 fully saturated rings. The molecular weight excluding hydrogens is 368 g/mol. The fourth-order valence-corrected chi connectivity index (χ4v) is 3.29. The van der Waals surface area contributed by atoms with Crippen molar-refractivity contribution in [1.29, 1.82) is 0 Å². The van der Waals surface area contributed by atoms with Crippen LogP contribution in [0.2, 0.25) is 15.1 Å². The molecule has 0 aromatic heterocycles. The van der Waals surface area contributed by atoms with Crippen LogP contribution in [-0.2, 0) is 6.42 Å². The predicted molar refractivity (Wildman–Crippen MR) is 86.2 cm³/mol. The van der Waals surface area contributed by atoms with Gasteiger partial charge in [-0.05, 0) is 47.9 Å². The quantitative estimate of drug-likeness (QED) is 0.732. The van der Waals surface area contributed by atoms with Crippen LogP contribution in [0.1, 0.15) is 17.2 Å². The van der Waals surface area contributed by atoms with Gasteiger partial charge in [0.15, 0.2) is 0 Å². The third-order valence-corrected chi connectivity index (χ3v) is 4.18. The molecule has 0 saturated carbocycles. The number of rotatable bonds is 3. The Morgan fingerprint density at radius 2 is 1.68 bits per heavy atom. The van der Waals surface area contributed by atoms with E-state index in [1.807, 2.05) is 36.4 Å². The summed E-state index contributed by atoms with van der Waals surface area (Å²) in [5.74, 6) is 0. The first-order valence-corrected chi connectivity index (χ1v) is 7.54. The van der Waals surface area contributed by atoms with E-state index in [9.17, 15) is 0 Å². The number of benzene rings is 2. The van der Waals surface area contributed by atoms with Crippen LogP contribution in [0.25, 0.3) is 0 Å². The van der Waals surface area contributed by atoms with Gasteiger partial charge in [0.1, 0.15) is 0 Å². The Labute approximate surface area is 135 Å². The predicted octanol–water partition coefficient (Wildman–Crippen LogP) is 5.65. The molecule has 0 aliphatic heterocycles. The molecular formula is C14H11BrCl3N. The van der Waals surface area contributed by atoms with Crippen LogP contribution in [0.15, 0.2) is 40.9 Å². The third-order valence-electron chi connectivity index (χ3n) is 2.80. The minimum absolute atomic E-state index is 0.215.